The highest BCUT2D eigenvalue weighted by atomic mass is 16.6. The highest BCUT2D eigenvalue weighted by Gasteiger charge is 2.26. The van der Waals surface area contributed by atoms with Gasteiger partial charge in [0.1, 0.15) is 5.60 Å². The lowest BCUT2D eigenvalue weighted by molar-refractivity contribution is 0.0240. The maximum Gasteiger partial charge on any atom is 0.410 e. The highest BCUT2D eigenvalue weighted by molar-refractivity contribution is 5.81. The number of nitrogens with zero attached hydrogens (tertiary/aromatic N) is 6. The van der Waals surface area contributed by atoms with E-state index in [9.17, 15) is 4.79 Å². The molecule has 37 heavy (non-hydrogen) atoms. The number of benzene rings is 1. The Kier molecular flexibility index (Phi) is 6.56. The van der Waals surface area contributed by atoms with Crippen molar-refractivity contribution in [3.63, 3.8) is 0 Å². The molecular formula is C27H31N7O3. The molecule has 0 aliphatic carbocycles. The van der Waals surface area contributed by atoms with E-state index in [1.54, 1.807) is 22.7 Å². The van der Waals surface area contributed by atoms with Gasteiger partial charge in [0.05, 0.1) is 7.11 Å². The summed E-state index contributed by atoms with van der Waals surface area (Å²) in [5.41, 5.74) is 3.94. The number of ether oxygens (including phenoxy) is 2. The number of nitrogens with one attached hydrogen (secondary N) is 1. The molecular weight excluding hydrogens is 470 g/mol. The normalized spacial score (nSPS) is 14.1. The number of hydrogen-bond donors (Lipinski definition) is 1. The van der Waals surface area contributed by atoms with Crippen molar-refractivity contribution in [3.8, 4) is 17.0 Å². The smallest absolute Gasteiger partial charge is 0.410 e. The lowest BCUT2D eigenvalue weighted by Gasteiger charge is -2.36. The summed E-state index contributed by atoms with van der Waals surface area (Å²) < 4.78 is 12.7. The molecule has 1 saturated heterocycles. The van der Waals surface area contributed by atoms with Gasteiger partial charge in [-0.2, -0.15) is 4.98 Å². The maximum atomic E-state index is 12.3. The Morgan fingerprint density at radius 2 is 1.70 bits per heavy atom. The zero-order valence-electron chi connectivity index (χ0n) is 21.5. The first-order chi connectivity index (χ1) is 17.8. The van der Waals surface area contributed by atoms with Crippen LogP contribution in [0.5, 0.6) is 5.88 Å². The lowest BCUT2D eigenvalue weighted by atomic mass is 10.1. The predicted molar refractivity (Wildman–Crippen MR) is 143 cm³/mol. The molecule has 0 atom stereocenters. The average molecular weight is 502 g/mol. The number of carbonyl (C=O) groups excluding carboxylic acids is 1. The number of hydrogen-bond acceptors (Lipinski definition) is 8. The zero-order chi connectivity index (χ0) is 26.0. The van der Waals surface area contributed by atoms with Crippen LogP contribution in [0.25, 0.3) is 16.8 Å². The van der Waals surface area contributed by atoms with Crippen molar-refractivity contribution >= 4 is 29.1 Å². The molecule has 10 nitrogen and oxygen atoms in total. The second-order valence-corrected chi connectivity index (χ2v) is 9.81. The first-order valence-corrected chi connectivity index (χ1v) is 12.3. The topological polar surface area (TPSA) is 97.1 Å². The number of amides is 1. The number of fused-ring (bicyclic) bond motifs is 1. The van der Waals surface area contributed by atoms with Crippen LogP contribution in [-0.4, -0.2) is 69.5 Å². The fraction of sp³-hybridized carbons (Fsp3) is 0.333. The third-order valence-corrected chi connectivity index (χ3v) is 6.04. The van der Waals surface area contributed by atoms with Gasteiger partial charge in [0.15, 0.2) is 5.65 Å². The van der Waals surface area contributed by atoms with E-state index >= 15 is 0 Å². The predicted octanol–water partition coefficient (Wildman–Crippen LogP) is 4.60. The molecule has 5 rings (SSSR count). The summed E-state index contributed by atoms with van der Waals surface area (Å²) in [7, 11) is 1.60. The molecule has 0 bridgehead atoms. The van der Waals surface area contributed by atoms with E-state index in [4.69, 9.17) is 14.5 Å². The van der Waals surface area contributed by atoms with Gasteiger partial charge in [-0.15, -0.1) is 5.10 Å². The summed E-state index contributed by atoms with van der Waals surface area (Å²) in [5, 5.41) is 7.88. The molecule has 3 aromatic heterocycles. The van der Waals surface area contributed by atoms with E-state index in [1.807, 2.05) is 63.4 Å². The van der Waals surface area contributed by atoms with E-state index in [2.05, 4.69) is 32.4 Å². The monoisotopic (exact) mass is 501 g/mol. The van der Waals surface area contributed by atoms with Crippen molar-refractivity contribution in [3.05, 3.63) is 60.9 Å². The Morgan fingerprint density at radius 3 is 2.41 bits per heavy atom. The molecule has 192 valence electrons. The highest BCUT2D eigenvalue weighted by Crippen LogP contribution is 2.31. The van der Waals surface area contributed by atoms with Crippen LogP contribution in [0.2, 0.25) is 0 Å². The summed E-state index contributed by atoms with van der Waals surface area (Å²) in [5.74, 6) is 1.03. The molecule has 1 aliphatic rings. The minimum atomic E-state index is -0.486. The molecule has 0 radical (unpaired) electrons. The minimum absolute atomic E-state index is 0.253. The molecule has 4 heterocycles. The first-order valence-electron chi connectivity index (χ1n) is 12.3. The number of aromatic nitrogens is 4. The van der Waals surface area contributed by atoms with Gasteiger partial charge in [-0.25, -0.2) is 14.3 Å². The summed E-state index contributed by atoms with van der Waals surface area (Å²) in [6, 6.07) is 15.9. The van der Waals surface area contributed by atoms with E-state index in [0.29, 0.717) is 30.6 Å². The van der Waals surface area contributed by atoms with Crippen molar-refractivity contribution < 1.29 is 14.3 Å². The Balaban J connectivity index is 1.26. The van der Waals surface area contributed by atoms with Crippen molar-refractivity contribution in [1.82, 2.24) is 24.5 Å². The number of methoxy groups -OCH3 is 1. The van der Waals surface area contributed by atoms with E-state index in [1.165, 1.54) is 0 Å². The maximum absolute atomic E-state index is 12.3. The van der Waals surface area contributed by atoms with Gasteiger partial charge < -0.3 is 24.6 Å². The van der Waals surface area contributed by atoms with Crippen LogP contribution in [0, 0.1) is 0 Å². The lowest BCUT2D eigenvalue weighted by Crippen LogP contribution is -2.50. The number of rotatable bonds is 5. The third-order valence-electron chi connectivity index (χ3n) is 6.04. The molecule has 0 unspecified atom stereocenters. The number of pyridine rings is 2. The van der Waals surface area contributed by atoms with E-state index in [0.717, 1.165) is 35.6 Å². The van der Waals surface area contributed by atoms with Crippen molar-refractivity contribution in [2.45, 2.75) is 26.4 Å². The molecule has 4 aromatic rings. The minimum Gasteiger partial charge on any atom is -0.481 e. The molecule has 1 N–H and O–H groups in total. The van der Waals surface area contributed by atoms with Gasteiger partial charge in [0.2, 0.25) is 11.8 Å². The standard InChI is InChI=1S/C27H31N7O3/c1-27(2,3)37-26(35)33-17-15-32(16-18-33)20-11-9-19(10-12-20)29-25-30-23-21(8-6-14-34(23)31-25)22-7-5-13-28-24(22)36-4/h5-14H,15-18H2,1-4H3,(H,29,31). The van der Waals surface area contributed by atoms with Gasteiger partial charge in [0.25, 0.3) is 0 Å². The van der Waals surface area contributed by atoms with Crippen LogP contribution in [0.4, 0.5) is 22.1 Å². The summed E-state index contributed by atoms with van der Waals surface area (Å²) in [6.45, 7) is 8.41. The number of piperazine rings is 1. The van der Waals surface area contributed by atoms with Gasteiger partial charge in [0, 0.05) is 61.1 Å². The molecule has 0 saturated carbocycles. The molecule has 1 fully saturated rings. The molecule has 10 heteroatoms. The SMILES string of the molecule is COc1ncccc1-c1cccn2nc(Nc3ccc(N4CCN(C(=O)OC(C)(C)C)CC4)cc3)nc12. The zero-order valence-corrected chi connectivity index (χ0v) is 21.5. The van der Waals surface area contributed by atoms with Crippen LogP contribution in [0.3, 0.4) is 0 Å². The van der Waals surface area contributed by atoms with Crippen molar-refractivity contribution in [1.29, 1.82) is 0 Å². The van der Waals surface area contributed by atoms with Gasteiger partial charge in [-0.3, -0.25) is 0 Å². The third kappa shape index (κ3) is 5.42. The largest absolute Gasteiger partial charge is 0.481 e. The molecule has 1 aromatic carbocycles. The summed E-state index contributed by atoms with van der Waals surface area (Å²) in [6.07, 6.45) is 3.31. The van der Waals surface area contributed by atoms with Crippen LogP contribution < -0.4 is 15.0 Å². The van der Waals surface area contributed by atoms with Gasteiger partial charge in [-0.05, 0) is 69.3 Å². The van der Waals surface area contributed by atoms with Crippen LogP contribution in [-0.2, 0) is 4.74 Å². The first kappa shape index (κ1) is 24.4. The fourth-order valence-corrected chi connectivity index (χ4v) is 4.29. The molecule has 1 aliphatic heterocycles. The second kappa shape index (κ2) is 9.96. The fourth-order valence-electron chi connectivity index (χ4n) is 4.29. The van der Waals surface area contributed by atoms with E-state index < -0.39 is 5.60 Å². The van der Waals surface area contributed by atoms with Gasteiger partial charge in [-0.1, -0.05) is 0 Å². The van der Waals surface area contributed by atoms with Gasteiger partial charge >= 0.3 is 6.09 Å². The van der Waals surface area contributed by atoms with Crippen molar-refractivity contribution in [2.24, 2.45) is 0 Å². The average Bonchev–Trinajstić information content (AvgIpc) is 3.31. The number of anilines is 3. The van der Waals surface area contributed by atoms with E-state index in [-0.39, 0.29) is 6.09 Å². The Hall–Kier alpha value is -4.34. The Morgan fingerprint density at radius 1 is 0.973 bits per heavy atom. The summed E-state index contributed by atoms with van der Waals surface area (Å²) in [4.78, 5) is 25.4. The molecule has 0 spiro atoms. The Labute approximate surface area is 215 Å². The van der Waals surface area contributed by atoms with Crippen LogP contribution >= 0.6 is 0 Å². The molecule has 1 amide bonds. The summed E-state index contributed by atoms with van der Waals surface area (Å²) >= 11 is 0. The number of carbonyl (C=O) groups is 1. The quantitative estimate of drug-likeness (QED) is 0.424. The second-order valence-electron chi connectivity index (χ2n) is 9.81. The van der Waals surface area contributed by atoms with Crippen molar-refractivity contribution in [2.75, 3.05) is 43.5 Å². The Bertz CT molecular complexity index is 1390. The van der Waals surface area contributed by atoms with Crippen LogP contribution in [0.1, 0.15) is 20.8 Å². The van der Waals surface area contributed by atoms with Crippen LogP contribution in [0.15, 0.2) is 60.9 Å².